The molecular weight excluding hydrogens is 244 g/mol. The van der Waals surface area contributed by atoms with Gasteiger partial charge in [-0.3, -0.25) is 4.40 Å². The van der Waals surface area contributed by atoms with Crippen LogP contribution in [0, 0.1) is 13.8 Å². The third-order valence-electron chi connectivity index (χ3n) is 3.12. The van der Waals surface area contributed by atoms with Crippen molar-refractivity contribution >= 4 is 26.1 Å². The van der Waals surface area contributed by atoms with Gasteiger partial charge in [0.05, 0.1) is 22.9 Å². The van der Waals surface area contributed by atoms with E-state index in [4.69, 9.17) is 0 Å². The SMILES string of the molecule is Cc1sc2nc3c(n2c1C)CS(=O)(=O)CC3. The summed E-state index contributed by atoms with van der Waals surface area (Å²) in [5.74, 6) is 0.378. The second-order valence-corrected chi connectivity index (χ2v) is 7.57. The summed E-state index contributed by atoms with van der Waals surface area (Å²) >= 11 is 1.63. The molecule has 3 heterocycles. The molecule has 0 atom stereocenters. The summed E-state index contributed by atoms with van der Waals surface area (Å²) in [5.41, 5.74) is 2.96. The van der Waals surface area contributed by atoms with Gasteiger partial charge >= 0.3 is 0 Å². The Bertz CT molecular complexity index is 679. The van der Waals surface area contributed by atoms with Gasteiger partial charge in [0.25, 0.3) is 0 Å². The number of thiazole rings is 1. The molecule has 0 saturated heterocycles. The molecule has 0 fully saturated rings. The van der Waals surface area contributed by atoms with Crippen molar-refractivity contribution in [2.45, 2.75) is 26.0 Å². The Kier molecular flexibility index (Phi) is 1.98. The van der Waals surface area contributed by atoms with E-state index in [1.807, 2.05) is 18.2 Å². The van der Waals surface area contributed by atoms with E-state index in [0.29, 0.717) is 6.42 Å². The van der Waals surface area contributed by atoms with E-state index in [9.17, 15) is 8.42 Å². The molecule has 0 unspecified atom stereocenters. The highest BCUT2D eigenvalue weighted by Gasteiger charge is 2.27. The first kappa shape index (κ1) is 10.3. The Labute approximate surface area is 97.9 Å². The van der Waals surface area contributed by atoms with E-state index < -0.39 is 9.84 Å². The molecule has 6 heteroatoms. The Morgan fingerprint density at radius 3 is 2.88 bits per heavy atom. The number of hydrogen-bond acceptors (Lipinski definition) is 4. The van der Waals surface area contributed by atoms with Crippen LogP contribution in [0.2, 0.25) is 0 Å². The molecule has 1 aliphatic heterocycles. The molecule has 4 nitrogen and oxygen atoms in total. The topological polar surface area (TPSA) is 51.4 Å². The minimum atomic E-state index is -2.92. The van der Waals surface area contributed by atoms with Crippen LogP contribution in [0.3, 0.4) is 0 Å². The monoisotopic (exact) mass is 256 g/mol. The molecule has 0 bridgehead atoms. The Morgan fingerprint density at radius 1 is 1.38 bits per heavy atom. The highest BCUT2D eigenvalue weighted by Crippen LogP contribution is 2.29. The number of rotatable bonds is 0. The molecule has 2 aromatic rings. The van der Waals surface area contributed by atoms with Crippen molar-refractivity contribution in [3.63, 3.8) is 0 Å². The van der Waals surface area contributed by atoms with E-state index in [2.05, 4.69) is 4.98 Å². The molecule has 0 spiro atoms. The van der Waals surface area contributed by atoms with Gasteiger partial charge < -0.3 is 0 Å². The van der Waals surface area contributed by atoms with Gasteiger partial charge in [-0.05, 0) is 13.8 Å². The fourth-order valence-electron chi connectivity index (χ4n) is 2.14. The normalized spacial score (nSPS) is 18.9. The van der Waals surface area contributed by atoms with Gasteiger partial charge in [-0.1, -0.05) is 0 Å². The van der Waals surface area contributed by atoms with E-state index in [0.717, 1.165) is 22.0 Å². The van der Waals surface area contributed by atoms with Crippen LogP contribution in [0.15, 0.2) is 0 Å². The van der Waals surface area contributed by atoms with Crippen LogP contribution in [-0.4, -0.2) is 23.6 Å². The number of imidazole rings is 1. The highest BCUT2D eigenvalue weighted by atomic mass is 32.2. The van der Waals surface area contributed by atoms with E-state index in [1.54, 1.807) is 11.3 Å². The van der Waals surface area contributed by atoms with Crippen LogP contribution in [0.4, 0.5) is 0 Å². The zero-order valence-corrected chi connectivity index (χ0v) is 10.8. The lowest BCUT2D eigenvalue weighted by Gasteiger charge is -2.11. The molecule has 16 heavy (non-hydrogen) atoms. The van der Waals surface area contributed by atoms with E-state index in [1.165, 1.54) is 4.88 Å². The zero-order chi connectivity index (χ0) is 11.5. The van der Waals surface area contributed by atoms with Crippen LogP contribution < -0.4 is 0 Å². The average Bonchev–Trinajstić information content (AvgIpc) is 2.64. The molecule has 86 valence electrons. The molecule has 0 amide bonds. The summed E-state index contributed by atoms with van der Waals surface area (Å²) < 4.78 is 25.3. The number of aryl methyl sites for hydroxylation is 3. The van der Waals surface area contributed by atoms with E-state index in [-0.39, 0.29) is 11.5 Å². The molecule has 0 N–H and O–H groups in total. The maximum Gasteiger partial charge on any atom is 0.194 e. The molecule has 0 saturated carbocycles. The number of hydrogen-bond donors (Lipinski definition) is 0. The molecule has 1 aliphatic rings. The minimum absolute atomic E-state index is 0.139. The highest BCUT2D eigenvalue weighted by molar-refractivity contribution is 7.90. The number of sulfone groups is 1. The summed E-state index contributed by atoms with van der Waals surface area (Å²) in [6.07, 6.45) is 0.560. The Hall–Kier alpha value is -0.880. The zero-order valence-electron chi connectivity index (χ0n) is 9.15. The Balaban J connectivity index is 2.34. The maximum atomic E-state index is 11.6. The minimum Gasteiger partial charge on any atom is -0.290 e. The second kappa shape index (κ2) is 3.07. The predicted octanol–water partition coefficient (Wildman–Crippen LogP) is 1.48. The summed E-state index contributed by atoms with van der Waals surface area (Å²) in [4.78, 5) is 6.65. The van der Waals surface area contributed by atoms with Crippen molar-refractivity contribution in [3.8, 4) is 0 Å². The van der Waals surface area contributed by atoms with Crippen molar-refractivity contribution in [3.05, 3.63) is 22.0 Å². The average molecular weight is 256 g/mol. The lowest BCUT2D eigenvalue weighted by molar-refractivity contribution is 0.590. The summed E-state index contributed by atoms with van der Waals surface area (Å²) in [7, 11) is -2.92. The fraction of sp³-hybridized carbons (Fsp3) is 0.500. The maximum absolute atomic E-state index is 11.6. The van der Waals surface area contributed by atoms with Gasteiger partial charge in [0.15, 0.2) is 14.8 Å². The third-order valence-corrected chi connectivity index (χ3v) is 5.72. The molecule has 0 aromatic carbocycles. The van der Waals surface area contributed by atoms with Gasteiger partial charge in [0.1, 0.15) is 0 Å². The van der Waals surface area contributed by atoms with Crippen LogP contribution in [0.1, 0.15) is 22.0 Å². The number of fused-ring (bicyclic) bond motifs is 3. The number of nitrogens with zero attached hydrogens (tertiary/aromatic N) is 2. The first-order valence-corrected chi connectivity index (χ1v) is 7.78. The molecule has 3 rings (SSSR count). The number of aromatic nitrogens is 2. The second-order valence-electron chi connectivity index (χ2n) is 4.21. The molecule has 0 radical (unpaired) electrons. The first-order chi connectivity index (χ1) is 7.48. The van der Waals surface area contributed by atoms with Gasteiger partial charge in [0, 0.05) is 17.0 Å². The molecule has 0 aliphatic carbocycles. The molecular formula is C10H12N2O2S2. The van der Waals surface area contributed by atoms with Gasteiger partial charge in [-0.2, -0.15) is 0 Å². The first-order valence-electron chi connectivity index (χ1n) is 5.14. The smallest absolute Gasteiger partial charge is 0.194 e. The van der Waals surface area contributed by atoms with Crippen LogP contribution >= 0.6 is 11.3 Å². The van der Waals surface area contributed by atoms with Crippen molar-refractivity contribution < 1.29 is 8.42 Å². The molecule has 2 aromatic heterocycles. The van der Waals surface area contributed by atoms with Gasteiger partial charge in [-0.15, -0.1) is 11.3 Å². The lowest BCUT2D eigenvalue weighted by atomic mass is 10.2. The largest absolute Gasteiger partial charge is 0.290 e. The van der Waals surface area contributed by atoms with Gasteiger partial charge in [0.2, 0.25) is 0 Å². The van der Waals surface area contributed by atoms with Crippen LogP contribution in [0.5, 0.6) is 0 Å². The summed E-state index contributed by atoms with van der Waals surface area (Å²) in [6.45, 7) is 4.06. The fourth-order valence-corrected chi connectivity index (χ4v) is 4.51. The third kappa shape index (κ3) is 1.33. The quantitative estimate of drug-likeness (QED) is 0.717. The van der Waals surface area contributed by atoms with Crippen molar-refractivity contribution in [1.29, 1.82) is 0 Å². The van der Waals surface area contributed by atoms with Crippen molar-refractivity contribution in [2.24, 2.45) is 0 Å². The summed E-state index contributed by atoms with van der Waals surface area (Å²) in [5, 5.41) is 0. The standard InChI is InChI=1S/C10H12N2O2S2/c1-6-7(2)15-10-11-8-3-4-16(13,14)5-9(8)12(6)10/h3-5H2,1-2H3. The van der Waals surface area contributed by atoms with Crippen LogP contribution in [-0.2, 0) is 22.0 Å². The lowest BCUT2D eigenvalue weighted by Crippen LogP contribution is -2.19. The summed E-state index contributed by atoms with van der Waals surface area (Å²) in [6, 6.07) is 0. The predicted molar refractivity (Wildman–Crippen MR) is 63.7 cm³/mol. The van der Waals surface area contributed by atoms with Gasteiger partial charge in [-0.25, -0.2) is 13.4 Å². The van der Waals surface area contributed by atoms with Crippen LogP contribution in [0.25, 0.3) is 4.96 Å². The van der Waals surface area contributed by atoms with Crippen molar-refractivity contribution in [2.75, 3.05) is 5.75 Å². The van der Waals surface area contributed by atoms with E-state index >= 15 is 0 Å². The van der Waals surface area contributed by atoms with Crippen molar-refractivity contribution in [1.82, 2.24) is 9.38 Å². The Morgan fingerprint density at radius 2 is 2.12 bits per heavy atom.